The fourth-order valence-corrected chi connectivity index (χ4v) is 6.09. The lowest BCUT2D eigenvalue weighted by atomic mass is 10.2. The topological polar surface area (TPSA) is 59.0 Å². The van der Waals surface area contributed by atoms with Crippen LogP contribution in [0.1, 0.15) is 45.4 Å². The smallest absolute Gasteiger partial charge is 0.414 e. The molecule has 1 unspecified atom stereocenters. The molecule has 186 valence electrons. The molecule has 0 radical (unpaired) electrons. The molecule has 13 heteroatoms. The Hall–Kier alpha value is -1.07. The summed E-state index contributed by atoms with van der Waals surface area (Å²) in [5.41, 5.74) is -4.50. The van der Waals surface area contributed by atoms with E-state index in [2.05, 4.69) is 15.9 Å². The number of ether oxygens (including phenoxy) is 1. The number of hydrogen-bond donors (Lipinski definition) is 1. The summed E-state index contributed by atoms with van der Waals surface area (Å²) in [5.74, 6) is 0. The number of nitrogens with zero attached hydrogens (tertiary/aromatic N) is 1. The van der Waals surface area contributed by atoms with Crippen LogP contribution in [0, 0.1) is 0 Å². The SMILES string of the molecule is CCOP(O)C(F)(F)c1sc2c(N(CCCC(F)(F)F)C(=O)OC(C)(C)C)cccc2c1Br. The van der Waals surface area contributed by atoms with Gasteiger partial charge in [0, 0.05) is 22.8 Å². The molecule has 1 N–H and O–H groups in total. The first-order chi connectivity index (χ1) is 15.1. The minimum Gasteiger partial charge on any atom is -0.443 e. The number of thiophene rings is 1. The zero-order valence-electron chi connectivity index (χ0n) is 18.3. The van der Waals surface area contributed by atoms with Crippen LogP contribution < -0.4 is 4.90 Å². The Balaban J connectivity index is 2.56. The molecule has 5 nitrogen and oxygen atoms in total. The summed E-state index contributed by atoms with van der Waals surface area (Å²) >= 11 is 3.77. The first-order valence-electron chi connectivity index (χ1n) is 9.87. The van der Waals surface area contributed by atoms with Crippen molar-refractivity contribution in [1.29, 1.82) is 0 Å². The van der Waals surface area contributed by atoms with Crippen molar-refractivity contribution < 1.29 is 40.9 Å². The minimum absolute atomic E-state index is 0.00929. The van der Waals surface area contributed by atoms with E-state index >= 15 is 0 Å². The van der Waals surface area contributed by atoms with E-state index in [4.69, 9.17) is 9.26 Å². The summed E-state index contributed by atoms with van der Waals surface area (Å²) < 4.78 is 78.2. The van der Waals surface area contributed by atoms with Gasteiger partial charge in [0.05, 0.1) is 21.9 Å². The number of carbonyl (C=O) groups excluding carboxylic acids is 1. The van der Waals surface area contributed by atoms with Crippen LogP contribution in [0.2, 0.25) is 0 Å². The maximum atomic E-state index is 14.9. The zero-order chi connectivity index (χ0) is 25.2. The quantitative estimate of drug-likeness (QED) is 0.253. The Morgan fingerprint density at radius 3 is 2.39 bits per heavy atom. The van der Waals surface area contributed by atoms with Crippen LogP contribution in [0.15, 0.2) is 22.7 Å². The summed E-state index contributed by atoms with van der Waals surface area (Å²) in [7, 11) is -3.11. The van der Waals surface area contributed by atoms with E-state index in [9.17, 15) is 31.6 Å². The van der Waals surface area contributed by atoms with E-state index in [1.807, 2.05) is 0 Å². The second-order valence-corrected chi connectivity index (χ2v) is 11.2. The molecular formula is C20H24BrF5NO4PS. The number of hydrogen-bond acceptors (Lipinski definition) is 5. The molecule has 33 heavy (non-hydrogen) atoms. The van der Waals surface area contributed by atoms with Gasteiger partial charge in [0.25, 0.3) is 0 Å². The summed E-state index contributed by atoms with van der Waals surface area (Å²) in [4.78, 5) is 23.2. The standard InChI is InChI=1S/C20H24BrF5NO4PS/c1-5-30-32(29)20(25,26)16-14(21)12-8-6-9-13(15(12)33-16)27(11-7-10-19(22,23)24)17(28)31-18(2,3)4/h6,8-9,29H,5,7,10-11H2,1-4H3. The predicted molar refractivity (Wildman–Crippen MR) is 123 cm³/mol. The molecule has 1 amide bonds. The summed E-state index contributed by atoms with van der Waals surface area (Å²) in [6.45, 7) is 5.85. The van der Waals surface area contributed by atoms with Gasteiger partial charge in [0.1, 0.15) is 5.60 Å². The van der Waals surface area contributed by atoms with Gasteiger partial charge in [-0.1, -0.05) is 12.1 Å². The third-order valence-corrected chi connectivity index (χ3v) is 7.89. The molecule has 1 aromatic carbocycles. The molecule has 0 aliphatic heterocycles. The average molecular weight is 580 g/mol. The van der Waals surface area contributed by atoms with Gasteiger partial charge in [-0.3, -0.25) is 4.90 Å². The van der Waals surface area contributed by atoms with Crippen molar-refractivity contribution in [3.05, 3.63) is 27.5 Å². The molecule has 1 aromatic heterocycles. The summed E-state index contributed by atoms with van der Waals surface area (Å²) in [5, 5.41) is 0.316. The number of benzene rings is 1. The van der Waals surface area contributed by atoms with E-state index in [0.29, 0.717) is 16.7 Å². The molecule has 0 aliphatic carbocycles. The Morgan fingerprint density at radius 2 is 1.85 bits per heavy atom. The molecular weight excluding hydrogens is 556 g/mol. The highest BCUT2D eigenvalue weighted by Crippen LogP contribution is 2.61. The minimum atomic E-state index is -4.41. The number of carbonyl (C=O) groups is 1. The monoisotopic (exact) mass is 579 g/mol. The maximum absolute atomic E-state index is 14.9. The van der Waals surface area contributed by atoms with E-state index in [-0.39, 0.29) is 28.0 Å². The Kier molecular flexibility index (Phi) is 9.12. The lowest BCUT2D eigenvalue weighted by Crippen LogP contribution is -2.38. The van der Waals surface area contributed by atoms with Gasteiger partial charge in [-0.2, -0.15) is 22.0 Å². The van der Waals surface area contributed by atoms with Crippen LogP contribution in [0.5, 0.6) is 0 Å². The first-order valence-corrected chi connectivity index (χ1v) is 12.7. The van der Waals surface area contributed by atoms with E-state index < -0.39 is 49.6 Å². The molecule has 0 spiro atoms. The van der Waals surface area contributed by atoms with Crippen molar-refractivity contribution in [2.24, 2.45) is 0 Å². The molecule has 2 rings (SSSR count). The van der Waals surface area contributed by atoms with Crippen LogP contribution in [0.4, 0.5) is 32.4 Å². The highest BCUT2D eigenvalue weighted by atomic mass is 79.9. The van der Waals surface area contributed by atoms with Gasteiger partial charge in [-0.25, -0.2) is 4.79 Å². The van der Waals surface area contributed by atoms with E-state index in [1.54, 1.807) is 20.8 Å². The number of amides is 1. The lowest BCUT2D eigenvalue weighted by molar-refractivity contribution is -0.135. The number of alkyl halides is 5. The first kappa shape index (κ1) is 28.2. The van der Waals surface area contributed by atoms with Crippen molar-refractivity contribution in [3.63, 3.8) is 0 Å². The second kappa shape index (κ2) is 10.7. The third-order valence-electron chi connectivity index (χ3n) is 4.15. The second-order valence-electron chi connectivity index (χ2n) is 7.98. The van der Waals surface area contributed by atoms with Gasteiger partial charge in [-0.05, 0) is 56.1 Å². The van der Waals surface area contributed by atoms with Crippen LogP contribution in [0.25, 0.3) is 10.1 Å². The average Bonchev–Trinajstić information content (AvgIpc) is 3.01. The highest BCUT2D eigenvalue weighted by Gasteiger charge is 2.46. The molecule has 0 fully saturated rings. The lowest BCUT2D eigenvalue weighted by Gasteiger charge is -2.28. The fraction of sp³-hybridized carbons (Fsp3) is 0.550. The molecule has 0 aliphatic rings. The van der Waals surface area contributed by atoms with Crippen LogP contribution in [-0.4, -0.2) is 35.9 Å². The van der Waals surface area contributed by atoms with Crippen molar-refractivity contribution in [2.45, 2.75) is 58.0 Å². The van der Waals surface area contributed by atoms with Gasteiger partial charge in [0.2, 0.25) is 8.38 Å². The van der Waals surface area contributed by atoms with Crippen molar-refractivity contribution in [3.8, 4) is 0 Å². The van der Waals surface area contributed by atoms with Gasteiger partial charge < -0.3 is 14.2 Å². The fourth-order valence-electron chi connectivity index (χ4n) is 2.84. The van der Waals surface area contributed by atoms with Crippen LogP contribution >= 0.6 is 35.6 Å². The van der Waals surface area contributed by atoms with E-state index in [0.717, 1.165) is 4.90 Å². The van der Waals surface area contributed by atoms with Crippen molar-refractivity contribution >= 4 is 57.5 Å². The van der Waals surface area contributed by atoms with Crippen LogP contribution in [0.3, 0.4) is 0 Å². The number of fused-ring (bicyclic) bond motifs is 1. The number of rotatable bonds is 8. The molecule has 2 aromatic rings. The zero-order valence-corrected chi connectivity index (χ0v) is 21.6. The van der Waals surface area contributed by atoms with Crippen molar-refractivity contribution in [1.82, 2.24) is 0 Å². The normalized spacial score (nSPS) is 13.9. The van der Waals surface area contributed by atoms with E-state index in [1.165, 1.54) is 25.1 Å². The largest absolute Gasteiger partial charge is 0.443 e. The highest BCUT2D eigenvalue weighted by molar-refractivity contribution is 9.10. The predicted octanol–water partition coefficient (Wildman–Crippen LogP) is 8.14. The molecule has 0 saturated heterocycles. The molecule has 0 bridgehead atoms. The van der Waals surface area contributed by atoms with Gasteiger partial charge in [0.15, 0.2) is 0 Å². The number of anilines is 1. The molecule has 1 heterocycles. The Morgan fingerprint density at radius 1 is 1.21 bits per heavy atom. The van der Waals surface area contributed by atoms with Gasteiger partial charge >= 0.3 is 17.9 Å². The third kappa shape index (κ3) is 7.21. The molecule has 1 atom stereocenters. The van der Waals surface area contributed by atoms with Crippen LogP contribution in [-0.2, 0) is 14.9 Å². The summed E-state index contributed by atoms with van der Waals surface area (Å²) in [6.07, 6.45) is -6.83. The maximum Gasteiger partial charge on any atom is 0.414 e. The Bertz CT molecular complexity index is 980. The van der Waals surface area contributed by atoms with Crippen molar-refractivity contribution in [2.75, 3.05) is 18.1 Å². The summed E-state index contributed by atoms with van der Waals surface area (Å²) in [6, 6.07) is 4.49. The molecule has 0 saturated carbocycles. The van der Waals surface area contributed by atoms with Gasteiger partial charge in [-0.15, -0.1) is 11.3 Å². The Labute approximate surface area is 201 Å². The number of halogens is 6.